The number of hydrogen-bond acceptors (Lipinski definition) is 3. The summed E-state index contributed by atoms with van der Waals surface area (Å²) >= 11 is 0. The van der Waals surface area contributed by atoms with Crippen LogP contribution in [0.4, 0.5) is 0 Å². The highest BCUT2D eigenvalue weighted by Gasteiger charge is 2.25. The summed E-state index contributed by atoms with van der Waals surface area (Å²) in [6.07, 6.45) is 5.64. The Hall–Kier alpha value is -1.85. The Labute approximate surface area is 105 Å². The van der Waals surface area contributed by atoms with Gasteiger partial charge in [-0.3, -0.25) is 9.59 Å². The van der Waals surface area contributed by atoms with Crippen molar-refractivity contribution in [2.24, 2.45) is 5.92 Å². The molecule has 0 aromatic carbocycles. The maximum absolute atomic E-state index is 11.8. The summed E-state index contributed by atoms with van der Waals surface area (Å²) in [5.41, 5.74) is 0. The van der Waals surface area contributed by atoms with Crippen LogP contribution in [0.25, 0.3) is 0 Å². The standard InChI is InChI=1S/C12H17NO5/c14-10(15)7-6-9(12(17)18)13-11(16)8-4-2-1-3-5-8/h1-2,8-9H,3-7H2,(H,13,16)(H,14,15)(H,17,18)/t8?,9-/m0/s1. The highest BCUT2D eigenvalue weighted by molar-refractivity contribution is 5.85. The minimum absolute atomic E-state index is 0.0982. The molecule has 1 unspecified atom stereocenters. The molecule has 0 radical (unpaired) electrons. The fourth-order valence-corrected chi connectivity index (χ4v) is 1.85. The van der Waals surface area contributed by atoms with Gasteiger partial charge in [0.2, 0.25) is 5.91 Å². The molecule has 1 aliphatic rings. The predicted octanol–water partition coefficient (Wildman–Crippen LogP) is 0.777. The van der Waals surface area contributed by atoms with E-state index in [1.165, 1.54) is 0 Å². The van der Waals surface area contributed by atoms with Crippen molar-refractivity contribution in [3.8, 4) is 0 Å². The Morgan fingerprint density at radius 1 is 1.28 bits per heavy atom. The van der Waals surface area contributed by atoms with Crippen LogP contribution < -0.4 is 5.32 Å². The van der Waals surface area contributed by atoms with Gasteiger partial charge in [0.1, 0.15) is 6.04 Å². The molecular formula is C12H17NO5. The van der Waals surface area contributed by atoms with Gasteiger partial charge in [-0.15, -0.1) is 0 Å². The van der Waals surface area contributed by atoms with Crippen LogP contribution >= 0.6 is 0 Å². The molecule has 1 rings (SSSR count). The second-order valence-corrected chi connectivity index (χ2v) is 4.31. The lowest BCUT2D eigenvalue weighted by atomic mass is 9.93. The number of allylic oxidation sites excluding steroid dienone is 2. The zero-order valence-corrected chi connectivity index (χ0v) is 9.96. The average molecular weight is 255 g/mol. The van der Waals surface area contributed by atoms with Gasteiger partial charge in [0, 0.05) is 12.3 Å². The first kappa shape index (κ1) is 14.2. The lowest BCUT2D eigenvalue weighted by Gasteiger charge is -2.20. The number of nitrogens with one attached hydrogen (secondary N) is 1. The van der Waals surface area contributed by atoms with Crippen LogP contribution in [-0.2, 0) is 14.4 Å². The number of amides is 1. The number of carboxylic acid groups (broad SMARTS) is 2. The maximum Gasteiger partial charge on any atom is 0.326 e. The predicted molar refractivity (Wildman–Crippen MR) is 62.9 cm³/mol. The van der Waals surface area contributed by atoms with Crippen molar-refractivity contribution in [2.45, 2.75) is 38.1 Å². The molecule has 2 atom stereocenters. The largest absolute Gasteiger partial charge is 0.481 e. The molecule has 6 nitrogen and oxygen atoms in total. The summed E-state index contributed by atoms with van der Waals surface area (Å²) in [7, 11) is 0. The SMILES string of the molecule is O=C(O)CC[C@H](NC(=O)C1CC=CCC1)C(=O)O. The lowest BCUT2D eigenvalue weighted by Crippen LogP contribution is -2.44. The van der Waals surface area contributed by atoms with Crippen LogP contribution in [0.1, 0.15) is 32.1 Å². The van der Waals surface area contributed by atoms with Crippen LogP contribution in [0.3, 0.4) is 0 Å². The number of rotatable bonds is 6. The van der Waals surface area contributed by atoms with Crippen LogP contribution in [0.5, 0.6) is 0 Å². The van der Waals surface area contributed by atoms with Gasteiger partial charge in [-0.2, -0.15) is 0 Å². The molecule has 0 saturated heterocycles. The summed E-state index contributed by atoms with van der Waals surface area (Å²) in [5, 5.41) is 19.8. The highest BCUT2D eigenvalue weighted by atomic mass is 16.4. The first-order valence-electron chi connectivity index (χ1n) is 5.90. The molecule has 0 aromatic rings. The van der Waals surface area contributed by atoms with Crippen molar-refractivity contribution in [1.82, 2.24) is 5.32 Å². The molecule has 0 saturated carbocycles. The van der Waals surface area contributed by atoms with E-state index in [-0.39, 0.29) is 24.7 Å². The van der Waals surface area contributed by atoms with Gasteiger partial charge in [0.25, 0.3) is 0 Å². The van der Waals surface area contributed by atoms with Gasteiger partial charge in [0.15, 0.2) is 0 Å². The quantitative estimate of drug-likeness (QED) is 0.608. The van der Waals surface area contributed by atoms with Crippen molar-refractivity contribution < 1.29 is 24.6 Å². The number of aliphatic carboxylic acids is 2. The molecule has 0 spiro atoms. The topological polar surface area (TPSA) is 104 Å². The first-order chi connectivity index (χ1) is 8.50. The van der Waals surface area contributed by atoms with E-state index in [0.717, 1.165) is 6.42 Å². The first-order valence-corrected chi connectivity index (χ1v) is 5.90. The highest BCUT2D eigenvalue weighted by Crippen LogP contribution is 2.18. The zero-order valence-electron chi connectivity index (χ0n) is 9.96. The molecule has 18 heavy (non-hydrogen) atoms. The van der Waals surface area contributed by atoms with Gasteiger partial charge >= 0.3 is 11.9 Å². The Kier molecular flexibility index (Phi) is 5.35. The van der Waals surface area contributed by atoms with Crippen molar-refractivity contribution >= 4 is 17.8 Å². The smallest absolute Gasteiger partial charge is 0.326 e. The normalized spacial score (nSPS) is 20.1. The molecule has 0 bridgehead atoms. The number of carbonyl (C=O) groups excluding carboxylic acids is 1. The average Bonchev–Trinajstić information content (AvgIpc) is 2.34. The third kappa shape index (κ3) is 4.57. The van der Waals surface area contributed by atoms with Crippen molar-refractivity contribution in [3.63, 3.8) is 0 Å². The van der Waals surface area contributed by atoms with Crippen LogP contribution in [0, 0.1) is 5.92 Å². The lowest BCUT2D eigenvalue weighted by molar-refractivity contribution is -0.143. The molecule has 0 heterocycles. The molecule has 6 heteroatoms. The van der Waals surface area contributed by atoms with Gasteiger partial charge in [-0.1, -0.05) is 12.2 Å². The molecule has 0 fully saturated rings. The molecule has 3 N–H and O–H groups in total. The fourth-order valence-electron chi connectivity index (χ4n) is 1.85. The third-order valence-electron chi connectivity index (χ3n) is 2.90. The molecule has 0 aromatic heterocycles. The van der Waals surface area contributed by atoms with Crippen LogP contribution in [-0.4, -0.2) is 34.1 Å². The minimum Gasteiger partial charge on any atom is -0.481 e. The fraction of sp³-hybridized carbons (Fsp3) is 0.583. The van der Waals surface area contributed by atoms with E-state index in [1.807, 2.05) is 12.2 Å². The molecule has 100 valence electrons. The molecule has 0 aliphatic heterocycles. The van der Waals surface area contributed by atoms with Gasteiger partial charge < -0.3 is 15.5 Å². The van der Waals surface area contributed by atoms with Crippen molar-refractivity contribution in [2.75, 3.05) is 0 Å². The minimum atomic E-state index is -1.20. The van der Waals surface area contributed by atoms with E-state index >= 15 is 0 Å². The zero-order chi connectivity index (χ0) is 13.5. The summed E-state index contributed by atoms with van der Waals surface area (Å²) < 4.78 is 0. The Bertz CT molecular complexity index is 363. The number of hydrogen-bond donors (Lipinski definition) is 3. The van der Waals surface area contributed by atoms with Crippen molar-refractivity contribution in [3.05, 3.63) is 12.2 Å². The van der Waals surface area contributed by atoms with Crippen LogP contribution in [0.15, 0.2) is 12.2 Å². The van der Waals surface area contributed by atoms with E-state index in [4.69, 9.17) is 10.2 Å². The van der Waals surface area contributed by atoms with Crippen LogP contribution in [0.2, 0.25) is 0 Å². The Balaban J connectivity index is 2.49. The summed E-state index contributed by atoms with van der Waals surface area (Å²) in [6.45, 7) is 0. The Morgan fingerprint density at radius 2 is 2.00 bits per heavy atom. The van der Waals surface area contributed by atoms with Gasteiger partial charge in [-0.25, -0.2) is 4.79 Å². The van der Waals surface area contributed by atoms with E-state index in [2.05, 4.69) is 5.32 Å². The van der Waals surface area contributed by atoms with E-state index < -0.39 is 18.0 Å². The monoisotopic (exact) mass is 255 g/mol. The number of carbonyl (C=O) groups is 3. The van der Waals surface area contributed by atoms with Crippen molar-refractivity contribution in [1.29, 1.82) is 0 Å². The summed E-state index contributed by atoms with van der Waals surface area (Å²) in [5.74, 6) is -2.79. The molecule has 1 amide bonds. The summed E-state index contributed by atoms with van der Waals surface area (Å²) in [4.78, 5) is 33.1. The summed E-state index contributed by atoms with van der Waals surface area (Å²) in [6, 6.07) is -1.13. The molecule has 1 aliphatic carbocycles. The van der Waals surface area contributed by atoms with Gasteiger partial charge in [-0.05, 0) is 25.7 Å². The third-order valence-corrected chi connectivity index (χ3v) is 2.90. The number of carboxylic acids is 2. The van der Waals surface area contributed by atoms with Gasteiger partial charge in [0.05, 0.1) is 0 Å². The second-order valence-electron chi connectivity index (χ2n) is 4.31. The second kappa shape index (κ2) is 6.78. The van der Waals surface area contributed by atoms with E-state index in [1.54, 1.807) is 0 Å². The Morgan fingerprint density at radius 3 is 2.50 bits per heavy atom. The maximum atomic E-state index is 11.8. The molecular weight excluding hydrogens is 238 g/mol. The van der Waals surface area contributed by atoms with E-state index in [9.17, 15) is 14.4 Å². The van der Waals surface area contributed by atoms with E-state index in [0.29, 0.717) is 12.8 Å².